The van der Waals surface area contributed by atoms with Crippen LogP contribution >= 0.6 is 11.3 Å². The molecular weight excluding hydrogens is 382 g/mol. The number of hydrogen-bond donors (Lipinski definition) is 2. The molecule has 5 rings (SSSR count). The first-order valence-electron chi connectivity index (χ1n) is 9.91. The summed E-state index contributed by atoms with van der Waals surface area (Å²) in [5, 5.41) is 16.6. The fraction of sp³-hybridized carbons (Fsp3) is 0.318. The molecule has 2 N–H and O–H groups in total. The Morgan fingerprint density at radius 2 is 2.10 bits per heavy atom. The SMILES string of the molecule is N#Cc1ccc2c(c1)CC[C@@H]2NC(=O)c1ccc2nc(N3CCNCC3)sc2c1. The number of carbonyl (C=O) groups excluding carboxylic acids is 1. The van der Waals surface area contributed by atoms with Crippen molar-refractivity contribution in [1.29, 1.82) is 5.26 Å². The molecule has 2 aliphatic rings. The number of aromatic nitrogens is 1. The molecule has 0 saturated carbocycles. The monoisotopic (exact) mass is 403 g/mol. The molecule has 29 heavy (non-hydrogen) atoms. The summed E-state index contributed by atoms with van der Waals surface area (Å²) in [6.07, 6.45) is 1.75. The number of anilines is 1. The van der Waals surface area contributed by atoms with Crippen molar-refractivity contribution in [3.05, 3.63) is 58.7 Å². The largest absolute Gasteiger partial charge is 0.346 e. The van der Waals surface area contributed by atoms with Gasteiger partial charge in [-0.15, -0.1) is 0 Å². The average molecular weight is 404 g/mol. The number of piperazine rings is 1. The number of amides is 1. The summed E-state index contributed by atoms with van der Waals surface area (Å²) in [5.74, 6) is -0.0637. The Hall–Kier alpha value is -2.95. The van der Waals surface area contributed by atoms with Crippen LogP contribution < -0.4 is 15.5 Å². The van der Waals surface area contributed by atoms with E-state index in [1.807, 2.05) is 36.4 Å². The fourth-order valence-electron chi connectivity index (χ4n) is 4.12. The number of aryl methyl sites for hydroxylation is 1. The molecule has 1 amide bonds. The second kappa shape index (κ2) is 7.47. The van der Waals surface area contributed by atoms with E-state index in [9.17, 15) is 4.79 Å². The summed E-state index contributed by atoms with van der Waals surface area (Å²) in [4.78, 5) is 19.9. The van der Waals surface area contributed by atoms with Crippen LogP contribution in [0.15, 0.2) is 36.4 Å². The minimum absolute atomic E-state index is 0.00110. The van der Waals surface area contributed by atoms with Gasteiger partial charge in [0, 0.05) is 31.7 Å². The van der Waals surface area contributed by atoms with Crippen molar-refractivity contribution in [3.63, 3.8) is 0 Å². The van der Waals surface area contributed by atoms with Crippen LogP contribution in [0, 0.1) is 11.3 Å². The first-order chi connectivity index (χ1) is 14.2. The van der Waals surface area contributed by atoms with E-state index < -0.39 is 0 Å². The van der Waals surface area contributed by atoms with Crippen molar-refractivity contribution in [1.82, 2.24) is 15.6 Å². The van der Waals surface area contributed by atoms with E-state index in [0.29, 0.717) is 11.1 Å². The summed E-state index contributed by atoms with van der Waals surface area (Å²) in [7, 11) is 0. The molecule has 0 bridgehead atoms. The molecule has 1 saturated heterocycles. The predicted octanol–water partition coefficient (Wildman–Crippen LogP) is 2.99. The summed E-state index contributed by atoms with van der Waals surface area (Å²) >= 11 is 1.65. The van der Waals surface area contributed by atoms with E-state index in [0.717, 1.165) is 65.5 Å². The summed E-state index contributed by atoms with van der Waals surface area (Å²) in [6, 6.07) is 13.6. The smallest absolute Gasteiger partial charge is 0.251 e. The molecule has 3 aromatic rings. The Morgan fingerprint density at radius 1 is 1.24 bits per heavy atom. The maximum atomic E-state index is 12.9. The van der Waals surface area contributed by atoms with E-state index >= 15 is 0 Å². The number of thiazole rings is 1. The van der Waals surface area contributed by atoms with E-state index in [1.54, 1.807) is 11.3 Å². The molecule has 2 aromatic carbocycles. The Labute approximate surface area is 173 Å². The molecule has 1 atom stereocenters. The molecule has 0 unspecified atom stereocenters. The van der Waals surface area contributed by atoms with Crippen LogP contribution in [0.5, 0.6) is 0 Å². The zero-order chi connectivity index (χ0) is 19.8. The molecule has 1 aliphatic heterocycles. The van der Waals surface area contributed by atoms with Gasteiger partial charge >= 0.3 is 0 Å². The van der Waals surface area contributed by atoms with Gasteiger partial charge in [0.1, 0.15) is 0 Å². The third-order valence-electron chi connectivity index (χ3n) is 5.68. The van der Waals surface area contributed by atoms with Crippen LogP contribution in [0.3, 0.4) is 0 Å². The van der Waals surface area contributed by atoms with Gasteiger partial charge in [-0.2, -0.15) is 5.26 Å². The predicted molar refractivity (Wildman–Crippen MR) is 114 cm³/mol. The number of carbonyl (C=O) groups is 1. The van der Waals surface area contributed by atoms with Crippen molar-refractivity contribution in [2.45, 2.75) is 18.9 Å². The zero-order valence-corrected chi connectivity index (χ0v) is 16.8. The third kappa shape index (κ3) is 3.46. The van der Waals surface area contributed by atoms with Crippen LogP contribution in [0.25, 0.3) is 10.2 Å². The lowest BCUT2D eigenvalue weighted by atomic mass is 10.0. The van der Waals surface area contributed by atoms with Gasteiger partial charge in [0.15, 0.2) is 5.13 Å². The Bertz CT molecular complexity index is 1130. The van der Waals surface area contributed by atoms with Crippen molar-refractivity contribution >= 4 is 32.6 Å². The van der Waals surface area contributed by atoms with Gasteiger partial charge in [0.05, 0.1) is 27.9 Å². The molecule has 2 heterocycles. The highest BCUT2D eigenvalue weighted by Gasteiger charge is 2.25. The third-order valence-corrected chi connectivity index (χ3v) is 6.76. The van der Waals surface area contributed by atoms with Gasteiger partial charge < -0.3 is 15.5 Å². The number of nitrogens with one attached hydrogen (secondary N) is 2. The standard InChI is InChI=1S/C22H21N5OS/c23-13-14-1-4-17-15(11-14)2-5-18(17)25-21(28)16-3-6-19-20(12-16)29-22(26-19)27-9-7-24-8-10-27/h1,3-4,6,11-12,18,24H,2,5,7-10H2,(H,25,28)/t18-/m0/s1. The average Bonchev–Trinajstić information content (AvgIpc) is 3.37. The van der Waals surface area contributed by atoms with Gasteiger partial charge in [-0.1, -0.05) is 17.4 Å². The van der Waals surface area contributed by atoms with Gasteiger partial charge in [-0.25, -0.2) is 4.98 Å². The number of fused-ring (bicyclic) bond motifs is 2. The summed E-state index contributed by atoms with van der Waals surface area (Å²) in [5.41, 5.74) is 4.56. The summed E-state index contributed by atoms with van der Waals surface area (Å²) in [6.45, 7) is 3.87. The Balaban J connectivity index is 1.35. The highest BCUT2D eigenvalue weighted by atomic mass is 32.1. The molecule has 146 valence electrons. The first kappa shape index (κ1) is 18.1. The van der Waals surface area contributed by atoms with Crippen molar-refractivity contribution in [2.75, 3.05) is 31.1 Å². The molecule has 7 heteroatoms. The highest BCUT2D eigenvalue weighted by Crippen LogP contribution is 2.33. The van der Waals surface area contributed by atoms with E-state index in [1.165, 1.54) is 0 Å². The van der Waals surface area contributed by atoms with Crippen LogP contribution in [-0.2, 0) is 6.42 Å². The fourth-order valence-corrected chi connectivity index (χ4v) is 5.18. The zero-order valence-electron chi connectivity index (χ0n) is 15.9. The number of benzene rings is 2. The van der Waals surface area contributed by atoms with Gasteiger partial charge in [-0.05, 0) is 54.3 Å². The molecule has 6 nitrogen and oxygen atoms in total. The van der Waals surface area contributed by atoms with Gasteiger partial charge in [-0.3, -0.25) is 4.79 Å². The van der Waals surface area contributed by atoms with Gasteiger partial charge in [0.2, 0.25) is 0 Å². The maximum absolute atomic E-state index is 12.9. The maximum Gasteiger partial charge on any atom is 0.251 e. The second-order valence-electron chi connectivity index (χ2n) is 7.51. The summed E-state index contributed by atoms with van der Waals surface area (Å²) < 4.78 is 1.04. The minimum Gasteiger partial charge on any atom is -0.346 e. The lowest BCUT2D eigenvalue weighted by Gasteiger charge is -2.26. The molecular formula is C22H21N5OS. The minimum atomic E-state index is -0.0637. The number of nitriles is 1. The number of nitrogens with zero attached hydrogens (tertiary/aromatic N) is 3. The molecule has 1 fully saturated rings. The van der Waals surface area contributed by atoms with Crippen molar-refractivity contribution in [3.8, 4) is 6.07 Å². The Morgan fingerprint density at radius 3 is 2.93 bits per heavy atom. The molecule has 1 aliphatic carbocycles. The topological polar surface area (TPSA) is 81.0 Å². The van der Waals surface area contributed by atoms with E-state index in [2.05, 4.69) is 21.6 Å². The normalized spacial score (nSPS) is 18.4. The van der Waals surface area contributed by atoms with Crippen LogP contribution in [0.2, 0.25) is 0 Å². The van der Waals surface area contributed by atoms with Crippen LogP contribution in [0.1, 0.15) is 39.5 Å². The lowest BCUT2D eigenvalue weighted by Crippen LogP contribution is -2.43. The first-order valence-corrected chi connectivity index (χ1v) is 10.7. The quantitative estimate of drug-likeness (QED) is 0.703. The van der Waals surface area contributed by atoms with Crippen LogP contribution in [-0.4, -0.2) is 37.1 Å². The van der Waals surface area contributed by atoms with E-state index in [4.69, 9.17) is 10.2 Å². The van der Waals surface area contributed by atoms with Crippen molar-refractivity contribution < 1.29 is 4.79 Å². The highest BCUT2D eigenvalue weighted by molar-refractivity contribution is 7.22. The number of hydrogen-bond acceptors (Lipinski definition) is 6. The molecule has 0 radical (unpaired) electrons. The molecule has 0 spiro atoms. The van der Waals surface area contributed by atoms with Crippen molar-refractivity contribution in [2.24, 2.45) is 0 Å². The molecule has 1 aromatic heterocycles. The lowest BCUT2D eigenvalue weighted by molar-refractivity contribution is 0.0937. The van der Waals surface area contributed by atoms with Crippen LogP contribution in [0.4, 0.5) is 5.13 Å². The number of rotatable bonds is 3. The van der Waals surface area contributed by atoms with Gasteiger partial charge in [0.25, 0.3) is 5.91 Å². The Kier molecular flexibility index (Phi) is 4.66. The second-order valence-corrected chi connectivity index (χ2v) is 8.52. The van der Waals surface area contributed by atoms with E-state index in [-0.39, 0.29) is 11.9 Å².